The normalized spacial score (nSPS) is 27.1. The highest BCUT2D eigenvalue weighted by molar-refractivity contribution is 4.93. The zero-order chi connectivity index (χ0) is 15.4. The molecule has 6 nitrogen and oxygen atoms in total. The molecule has 0 saturated carbocycles. The van der Waals surface area contributed by atoms with Crippen molar-refractivity contribution < 1.29 is 14.9 Å². The topological polar surface area (TPSA) is 70.8 Å². The maximum Gasteiger partial charge on any atom is 0.0862 e. The molecule has 2 saturated heterocycles. The lowest BCUT2D eigenvalue weighted by molar-refractivity contribution is -0.0637. The van der Waals surface area contributed by atoms with Gasteiger partial charge in [-0.15, -0.1) is 0 Å². The molecule has 0 bridgehead atoms. The van der Waals surface area contributed by atoms with E-state index in [-0.39, 0.29) is 12.6 Å². The lowest BCUT2D eigenvalue weighted by atomic mass is 9.72. The molecule has 2 atom stereocenters. The molecule has 22 heavy (non-hydrogen) atoms. The lowest BCUT2D eigenvalue weighted by Gasteiger charge is -2.48. The summed E-state index contributed by atoms with van der Waals surface area (Å²) in [5.41, 5.74) is 0.315. The number of aliphatic hydroxyl groups excluding tert-OH is 2. The van der Waals surface area contributed by atoms with Crippen molar-refractivity contribution in [1.82, 2.24) is 14.7 Å². The highest BCUT2D eigenvalue weighted by Gasteiger charge is 2.40. The molecule has 2 aliphatic rings. The zero-order valence-corrected chi connectivity index (χ0v) is 13.1. The van der Waals surface area contributed by atoms with E-state index in [1.54, 1.807) is 10.9 Å². The summed E-state index contributed by atoms with van der Waals surface area (Å²) in [7, 11) is 0. The number of ether oxygens (including phenoxy) is 1. The first kappa shape index (κ1) is 15.9. The van der Waals surface area contributed by atoms with Gasteiger partial charge in [-0.2, -0.15) is 5.10 Å². The van der Waals surface area contributed by atoms with Gasteiger partial charge in [0.05, 0.1) is 19.3 Å². The second kappa shape index (κ2) is 7.08. The average Bonchev–Trinajstić information content (AvgIpc) is 3.01. The van der Waals surface area contributed by atoms with Gasteiger partial charge in [-0.05, 0) is 37.2 Å². The molecule has 1 aromatic heterocycles. The number of aliphatic hydroxyl groups is 2. The quantitative estimate of drug-likeness (QED) is 0.829. The van der Waals surface area contributed by atoms with Crippen LogP contribution in [0, 0.1) is 5.41 Å². The Morgan fingerprint density at radius 2 is 2.09 bits per heavy atom. The predicted molar refractivity (Wildman–Crippen MR) is 82.4 cm³/mol. The van der Waals surface area contributed by atoms with E-state index >= 15 is 0 Å². The van der Waals surface area contributed by atoms with Crippen LogP contribution in [0.1, 0.15) is 25.7 Å². The molecular formula is C16H27N3O3. The summed E-state index contributed by atoms with van der Waals surface area (Å²) in [6.45, 7) is 3.89. The van der Waals surface area contributed by atoms with E-state index < -0.39 is 6.10 Å². The van der Waals surface area contributed by atoms with Gasteiger partial charge < -0.3 is 14.9 Å². The first-order valence-electron chi connectivity index (χ1n) is 8.29. The fraction of sp³-hybridized carbons (Fsp3) is 0.812. The van der Waals surface area contributed by atoms with Crippen LogP contribution in [0.15, 0.2) is 18.5 Å². The first-order valence-corrected chi connectivity index (χ1v) is 8.29. The number of hydrogen-bond acceptors (Lipinski definition) is 5. The Balaban J connectivity index is 1.60. The predicted octanol–water partition coefficient (Wildman–Crippen LogP) is 0.497. The minimum Gasteiger partial charge on any atom is -0.395 e. The van der Waals surface area contributed by atoms with Gasteiger partial charge in [0, 0.05) is 44.7 Å². The van der Waals surface area contributed by atoms with Gasteiger partial charge >= 0.3 is 0 Å². The molecule has 0 radical (unpaired) electrons. The Hall–Kier alpha value is -0.950. The highest BCUT2D eigenvalue weighted by Crippen LogP contribution is 2.41. The van der Waals surface area contributed by atoms with Crippen molar-refractivity contribution >= 4 is 0 Å². The van der Waals surface area contributed by atoms with Crippen molar-refractivity contribution in [2.75, 3.05) is 32.9 Å². The van der Waals surface area contributed by atoms with Gasteiger partial charge in [0.25, 0.3) is 0 Å². The molecule has 2 unspecified atom stereocenters. The number of nitrogens with zero attached hydrogens (tertiary/aromatic N) is 3. The molecule has 6 heteroatoms. The Morgan fingerprint density at radius 3 is 2.77 bits per heavy atom. The van der Waals surface area contributed by atoms with E-state index in [2.05, 4.69) is 10.00 Å². The maximum atomic E-state index is 10.4. The second-order valence-electron chi connectivity index (χ2n) is 6.80. The van der Waals surface area contributed by atoms with Gasteiger partial charge in [-0.25, -0.2) is 0 Å². The van der Waals surface area contributed by atoms with Crippen LogP contribution >= 0.6 is 0 Å². The third kappa shape index (κ3) is 3.68. The van der Waals surface area contributed by atoms with Crippen molar-refractivity contribution in [2.24, 2.45) is 5.41 Å². The van der Waals surface area contributed by atoms with Crippen molar-refractivity contribution in [2.45, 2.75) is 44.4 Å². The zero-order valence-electron chi connectivity index (χ0n) is 13.1. The smallest absolute Gasteiger partial charge is 0.0862 e. The molecule has 2 fully saturated rings. The SMILES string of the molecule is OCC1CCC2(CCOCC2)CN1CC(O)Cn1cccn1. The fourth-order valence-corrected chi connectivity index (χ4v) is 3.88. The number of aromatic nitrogens is 2. The summed E-state index contributed by atoms with van der Waals surface area (Å²) >= 11 is 0. The van der Waals surface area contributed by atoms with Crippen LogP contribution in [0.5, 0.6) is 0 Å². The Morgan fingerprint density at radius 1 is 1.27 bits per heavy atom. The summed E-state index contributed by atoms with van der Waals surface area (Å²) in [6.07, 6.45) is 7.47. The van der Waals surface area contributed by atoms with Crippen LogP contribution in [0.3, 0.4) is 0 Å². The number of likely N-dealkylation sites (tertiary alicyclic amines) is 1. The number of hydrogen-bond donors (Lipinski definition) is 2. The van der Waals surface area contributed by atoms with Crippen molar-refractivity contribution in [3.63, 3.8) is 0 Å². The monoisotopic (exact) mass is 309 g/mol. The minimum absolute atomic E-state index is 0.167. The lowest BCUT2D eigenvalue weighted by Crippen LogP contribution is -2.54. The van der Waals surface area contributed by atoms with E-state index in [1.807, 2.05) is 12.3 Å². The molecule has 1 aromatic rings. The van der Waals surface area contributed by atoms with Crippen molar-refractivity contribution in [1.29, 1.82) is 0 Å². The van der Waals surface area contributed by atoms with Crippen LogP contribution in [-0.2, 0) is 11.3 Å². The van der Waals surface area contributed by atoms with Crippen LogP contribution in [0.25, 0.3) is 0 Å². The van der Waals surface area contributed by atoms with Crippen molar-refractivity contribution in [3.8, 4) is 0 Å². The summed E-state index contributed by atoms with van der Waals surface area (Å²) in [6, 6.07) is 2.03. The summed E-state index contributed by atoms with van der Waals surface area (Å²) in [5, 5.41) is 24.2. The fourth-order valence-electron chi connectivity index (χ4n) is 3.88. The molecule has 3 heterocycles. The van der Waals surface area contributed by atoms with Crippen LogP contribution < -0.4 is 0 Å². The Bertz CT molecular complexity index is 445. The van der Waals surface area contributed by atoms with E-state index in [1.165, 1.54) is 0 Å². The van der Waals surface area contributed by atoms with Gasteiger partial charge in [0.15, 0.2) is 0 Å². The average molecular weight is 309 g/mol. The minimum atomic E-state index is -0.469. The summed E-state index contributed by atoms with van der Waals surface area (Å²) < 4.78 is 7.26. The van der Waals surface area contributed by atoms with Crippen molar-refractivity contribution in [3.05, 3.63) is 18.5 Å². The maximum absolute atomic E-state index is 10.4. The second-order valence-corrected chi connectivity index (χ2v) is 6.80. The standard InChI is InChI=1S/C16H27N3O3/c20-12-14-2-3-16(4-8-22-9-5-16)13-18(14)10-15(21)11-19-7-1-6-17-19/h1,6-7,14-15,20-21H,2-5,8-13H2. The summed E-state index contributed by atoms with van der Waals surface area (Å²) in [5.74, 6) is 0. The highest BCUT2D eigenvalue weighted by atomic mass is 16.5. The molecule has 2 aliphatic heterocycles. The van der Waals surface area contributed by atoms with Gasteiger partial charge in [0.1, 0.15) is 0 Å². The first-order chi connectivity index (χ1) is 10.7. The van der Waals surface area contributed by atoms with Crippen LogP contribution in [-0.4, -0.2) is 69.9 Å². The van der Waals surface area contributed by atoms with E-state index in [0.29, 0.717) is 18.5 Å². The van der Waals surface area contributed by atoms with E-state index in [9.17, 15) is 10.2 Å². The third-order valence-corrected chi connectivity index (χ3v) is 5.23. The molecule has 1 spiro atoms. The molecule has 124 valence electrons. The Kier molecular flexibility index (Phi) is 5.13. The molecule has 3 rings (SSSR count). The van der Waals surface area contributed by atoms with Crippen LogP contribution in [0.4, 0.5) is 0 Å². The van der Waals surface area contributed by atoms with E-state index in [4.69, 9.17) is 4.74 Å². The van der Waals surface area contributed by atoms with Gasteiger partial charge in [-0.1, -0.05) is 0 Å². The van der Waals surface area contributed by atoms with E-state index in [0.717, 1.165) is 45.4 Å². The summed E-state index contributed by atoms with van der Waals surface area (Å²) in [4.78, 5) is 2.28. The molecule has 0 aliphatic carbocycles. The van der Waals surface area contributed by atoms with Crippen LogP contribution in [0.2, 0.25) is 0 Å². The number of β-amino-alcohol motifs (C(OH)–C–C–N with tert-alkyl or cyclic N) is 1. The number of rotatable bonds is 5. The van der Waals surface area contributed by atoms with Gasteiger partial charge in [0.2, 0.25) is 0 Å². The Labute approximate surface area is 131 Å². The largest absolute Gasteiger partial charge is 0.395 e. The number of piperidine rings is 1. The molecular weight excluding hydrogens is 282 g/mol. The molecule has 0 aromatic carbocycles. The van der Waals surface area contributed by atoms with Gasteiger partial charge in [-0.3, -0.25) is 9.58 Å². The molecule has 0 amide bonds. The third-order valence-electron chi connectivity index (χ3n) is 5.23. The molecule has 2 N–H and O–H groups in total.